The van der Waals surface area contributed by atoms with E-state index in [9.17, 15) is 4.79 Å². The lowest BCUT2D eigenvalue weighted by Gasteiger charge is -2.09. The SMILES string of the molecule is CCCCCCCCCCCCCCCCNCC(=O)Nc1cccc(OCCC)c1. The molecule has 0 aliphatic heterocycles. The van der Waals surface area contributed by atoms with Crippen molar-refractivity contribution in [3.05, 3.63) is 24.3 Å². The minimum Gasteiger partial charge on any atom is -0.494 e. The number of ether oxygens (including phenoxy) is 1. The van der Waals surface area contributed by atoms with Gasteiger partial charge in [0, 0.05) is 11.8 Å². The van der Waals surface area contributed by atoms with E-state index in [2.05, 4.69) is 24.5 Å². The topological polar surface area (TPSA) is 50.4 Å². The monoisotopic (exact) mass is 432 g/mol. The molecule has 2 N–H and O–H groups in total. The third kappa shape index (κ3) is 16.8. The van der Waals surface area contributed by atoms with Crippen LogP contribution < -0.4 is 15.4 Å². The number of amides is 1. The van der Waals surface area contributed by atoms with Crippen LogP contribution in [0.5, 0.6) is 5.75 Å². The van der Waals surface area contributed by atoms with Crippen LogP contribution in [-0.4, -0.2) is 25.6 Å². The van der Waals surface area contributed by atoms with Gasteiger partial charge in [0.1, 0.15) is 5.75 Å². The van der Waals surface area contributed by atoms with Crippen LogP contribution >= 0.6 is 0 Å². The van der Waals surface area contributed by atoms with Gasteiger partial charge in [-0.25, -0.2) is 0 Å². The summed E-state index contributed by atoms with van der Waals surface area (Å²) in [6, 6.07) is 7.59. The van der Waals surface area contributed by atoms with Crippen LogP contribution in [-0.2, 0) is 4.79 Å². The fourth-order valence-corrected chi connectivity index (χ4v) is 3.74. The summed E-state index contributed by atoms with van der Waals surface area (Å²) in [7, 11) is 0. The minimum absolute atomic E-state index is 0.00185. The smallest absolute Gasteiger partial charge is 0.238 e. The first-order chi connectivity index (χ1) is 15.3. The van der Waals surface area contributed by atoms with Crippen LogP contribution in [0.25, 0.3) is 0 Å². The van der Waals surface area contributed by atoms with Gasteiger partial charge in [0.25, 0.3) is 0 Å². The fraction of sp³-hybridized carbons (Fsp3) is 0.741. The van der Waals surface area contributed by atoms with Crippen LogP contribution in [0.3, 0.4) is 0 Å². The second-order valence-corrected chi connectivity index (χ2v) is 8.70. The highest BCUT2D eigenvalue weighted by Crippen LogP contribution is 2.17. The predicted molar refractivity (Wildman–Crippen MR) is 134 cm³/mol. The zero-order valence-corrected chi connectivity index (χ0v) is 20.4. The number of unbranched alkanes of at least 4 members (excludes halogenated alkanes) is 13. The summed E-state index contributed by atoms with van der Waals surface area (Å²) in [5.41, 5.74) is 0.789. The van der Waals surface area contributed by atoms with Crippen molar-refractivity contribution >= 4 is 11.6 Å². The molecule has 0 atom stereocenters. The summed E-state index contributed by atoms with van der Waals surface area (Å²) >= 11 is 0. The molecule has 0 saturated heterocycles. The van der Waals surface area contributed by atoms with Crippen molar-refractivity contribution in [1.82, 2.24) is 5.32 Å². The molecule has 0 unspecified atom stereocenters. The average molecular weight is 433 g/mol. The molecule has 1 rings (SSSR count). The second-order valence-electron chi connectivity index (χ2n) is 8.70. The lowest BCUT2D eigenvalue weighted by molar-refractivity contribution is -0.115. The molecule has 4 nitrogen and oxygen atoms in total. The van der Waals surface area contributed by atoms with Crippen LogP contribution in [0.1, 0.15) is 110 Å². The molecule has 0 heterocycles. The van der Waals surface area contributed by atoms with Gasteiger partial charge in [-0.3, -0.25) is 4.79 Å². The van der Waals surface area contributed by atoms with Gasteiger partial charge in [0.05, 0.1) is 13.2 Å². The van der Waals surface area contributed by atoms with Crippen molar-refractivity contribution in [1.29, 1.82) is 0 Å². The van der Waals surface area contributed by atoms with Gasteiger partial charge in [0.15, 0.2) is 0 Å². The van der Waals surface area contributed by atoms with E-state index < -0.39 is 0 Å². The Labute approximate surface area is 191 Å². The van der Waals surface area contributed by atoms with Gasteiger partial charge < -0.3 is 15.4 Å². The van der Waals surface area contributed by atoms with Crippen LogP contribution in [0.4, 0.5) is 5.69 Å². The van der Waals surface area contributed by atoms with Gasteiger partial charge in [-0.15, -0.1) is 0 Å². The molecule has 0 saturated carbocycles. The molecule has 0 aromatic heterocycles. The molecule has 0 aliphatic carbocycles. The van der Waals surface area contributed by atoms with Crippen LogP contribution in [0.15, 0.2) is 24.3 Å². The molecule has 0 fully saturated rings. The van der Waals surface area contributed by atoms with Gasteiger partial charge in [-0.05, 0) is 31.5 Å². The highest BCUT2D eigenvalue weighted by Gasteiger charge is 2.03. The number of nitrogens with one attached hydrogen (secondary N) is 2. The molecule has 1 aromatic carbocycles. The number of carbonyl (C=O) groups excluding carboxylic acids is 1. The van der Waals surface area contributed by atoms with E-state index in [1.165, 1.54) is 83.5 Å². The summed E-state index contributed by atoms with van der Waals surface area (Å²) in [6.45, 7) is 6.32. The molecule has 178 valence electrons. The highest BCUT2D eigenvalue weighted by atomic mass is 16.5. The Morgan fingerprint density at radius 3 is 1.94 bits per heavy atom. The maximum atomic E-state index is 12.1. The van der Waals surface area contributed by atoms with Crippen molar-refractivity contribution in [2.45, 2.75) is 110 Å². The number of hydrogen-bond acceptors (Lipinski definition) is 3. The van der Waals surface area contributed by atoms with E-state index >= 15 is 0 Å². The molecule has 4 heteroatoms. The van der Waals surface area contributed by atoms with Crippen molar-refractivity contribution in [3.63, 3.8) is 0 Å². The number of carbonyl (C=O) groups is 1. The molecular weight excluding hydrogens is 384 g/mol. The Hall–Kier alpha value is -1.55. The van der Waals surface area contributed by atoms with Crippen LogP contribution in [0, 0.1) is 0 Å². The molecule has 1 aromatic rings. The summed E-state index contributed by atoms with van der Waals surface area (Å²) in [5.74, 6) is 0.799. The van der Waals surface area contributed by atoms with E-state index in [0.717, 1.165) is 30.8 Å². The van der Waals surface area contributed by atoms with Crippen molar-refractivity contribution in [3.8, 4) is 5.75 Å². The first-order valence-corrected chi connectivity index (χ1v) is 13.0. The average Bonchev–Trinajstić information content (AvgIpc) is 2.77. The van der Waals surface area contributed by atoms with E-state index in [1.807, 2.05) is 24.3 Å². The van der Waals surface area contributed by atoms with Gasteiger partial charge in [0.2, 0.25) is 5.91 Å². The Bertz CT molecular complexity index is 548. The standard InChI is InChI=1S/C27H48N2O2/c1-3-5-6-7-8-9-10-11-12-13-14-15-16-17-21-28-24-27(30)29-25-19-18-20-26(23-25)31-22-4-2/h18-20,23,28H,3-17,21-22,24H2,1-2H3,(H,29,30). The van der Waals surface area contributed by atoms with Crippen molar-refractivity contribution < 1.29 is 9.53 Å². The largest absolute Gasteiger partial charge is 0.494 e. The predicted octanol–water partition coefficient (Wildman–Crippen LogP) is 7.48. The van der Waals surface area contributed by atoms with E-state index in [4.69, 9.17) is 4.74 Å². The number of rotatable bonds is 21. The Balaban J connectivity index is 1.88. The second kappa shape index (κ2) is 20.4. The maximum Gasteiger partial charge on any atom is 0.238 e. The summed E-state index contributed by atoms with van der Waals surface area (Å²) in [6.07, 6.45) is 20.1. The van der Waals surface area contributed by atoms with Gasteiger partial charge >= 0.3 is 0 Å². The van der Waals surface area contributed by atoms with E-state index in [-0.39, 0.29) is 5.91 Å². The minimum atomic E-state index is -0.00185. The van der Waals surface area contributed by atoms with Gasteiger partial charge in [-0.1, -0.05) is 103 Å². The molecule has 0 spiro atoms. The van der Waals surface area contributed by atoms with Crippen molar-refractivity contribution in [2.24, 2.45) is 0 Å². The summed E-state index contributed by atoms with van der Waals surface area (Å²) in [5, 5.41) is 6.18. The zero-order valence-electron chi connectivity index (χ0n) is 20.4. The zero-order chi connectivity index (χ0) is 22.4. The Kier molecular flexibility index (Phi) is 18.0. The first kappa shape index (κ1) is 27.5. The Morgan fingerprint density at radius 2 is 1.35 bits per heavy atom. The number of anilines is 1. The normalized spacial score (nSPS) is 10.9. The first-order valence-electron chi connectivity index (χ1n) is 13.0. The molecule has 31 heavy (non-hydrogen) atoms. The lowest BCUT2D eigenvalue weighted by Crippen LogP contribution is -2.28. The lowest BCUT2D eigenvalue weighted by atomic mass is 10.0. The van der Waals surface area contributed by atoms with E-state index in [1.54, 1.807) is 0 Å². The number of hydrogen-bond donors (Lipinski definition) is 2. The Morgan fingerprint density at radius 1 is 0.774 bits per heavy atom. The number of benzene rings is 1. The highest BCUT2D eigenvalue weighted by molar-refractivity contribution is 5.92. The van der Waals surface area contributed by atoms with Gasteiger partial charge in [-0.2, -0.15) is 0 Å². The molecule has 1 amide bonds. The van der Waals surface area contributed by atoms with Crippen molar-refractivity contribution in [2.75, 3.05) is 25.0 Å². The molecule has 0 aliphatic rings. The third-order valence-electron chi connectivity index (χ3n) is 5.58. The molecular formula is C27H48N2O2. The van der Waals surface area contributed by atoms with E-state index in [0.29, 0.717) is 13.2 Å². The summed E-state index contributed by atoms with van der Waals surface area (Å²) < 4.78 is 5.60. The maximum absolute atomic E-state index is 12.1. The molecule has 0 radical (unpaired) electrons. The third-order valence-corrected chi connectivity index (χ3v) is 5.58. The fourth-order valence-electron chi connectivity index (χ4n) is 3.74. The quantitative estimate of drug-likeness (QED) is 0.198. The van der Waals surface area contributed by atoms with Crippen LogP contribution in [0.2, 0.25) is 0 Å². The molecule has 0 bridgehead atoms. The summed E-state index contributed by atoms with van der Waals surface area (Å²) in [4.78, 5) is 12.1.